The predicted octanol–water partition coefficient (Wildman–Crippen LogP) is 4.39. The first-order valence-corrected chi connectivity index (χ1v) is 9.72. The highest BCUT2D eigenvalue weighted by molar-refractivity contribution is 6.31. The molecule has 31 heavy (non-hydrogen) atoms. The molecule has 4 rings (SSSR count). The van der Waals surface area contributed by atoms with Gasteiger partial charge < -0.3 is 5.32 Å². The fraction of sp³-hybridized carbons (Fsp3) is 0.0909. The van der Waals surface area contributed by atoms with Crippen molar-refractivity contribution in [3.63, 3.8) is 0 Å². The van der Waals surface area contributed by atoms with Crippen molar-refractivity contribution >= 4 is 46.1 Å². The molecule has 3 heterocycles. The number of rotatable bonds is 5. The summed E-state index contributed by atoms with van der Waals surface area (Å²) in [7, 11) is 0. The van der Waals surface area contributed by atoms with Crippen molar-refractivity contribution in [2.45, 2.75) is 13.3 Å². The number of halogens is 2. The molecule has 0 radical (unpaired) electrons. The highest BCUT2D eigenvalue weighted by Gasteiger charge is 2.17. The molecule has 1 aromatic carbocycles. The molecule has 0 spiro atoms. The lowest BCUT2D eigenvalue weighted by molar-refractivity contribution is -0.116. The van der Waals surface area contributed by atoms with Gasteiger partial charge in [0.05, 0.1) is 17.6 Å². The molecule has 3 aromatic heterocycles. The third-order valence-corrected chi connectivity index (χ3v) is 4.93. The van der Waals surface area contributed by atoms with Crippen molar-refractivity contribution in [1.29, 1.82) is 0 Å². The molecule has 156 valence electrons. The van der Waals surface area contributed by atoms with Crippen LogP contribution in [0.2, 0.25) is 5.02 Å². The van der Waals surface area contributed by atoms with Gasteiger partial charge >= 0.3 is 0 Å². The zero-order chi connectivity index (χ0) is 22.0. The van der Waals surface area contributed by atoms with Crippen LogP contribution in [0.25, 0.3) is 5.52 Å². The Balaban J connectivity index is 1.57. The molecule has 0 saturated carbocycles. The van der Waals surface area contributed by atoms with Gasteiger partial charge in [-0.15, -0.1) is 0 Å². The van der Waals surface area contributed by atoms with E-state index in [4.69, 9.17) is 11.6 Å². The Bertz CT molecular complexity index is 1290. The molecule has 0 aliphatic heterocycles. The quantitative estimate of drug-likeness (QED) is 0.502. The number of carbonyl (C=O) groups is 2. The Morgan fingerprint density at radius 3 is 2.74 bits per heavy atom. The molecule has 0 aliphatic carbocycles. The summed E-state index contributed by atoms with van der Waals surface area (Å²) < 4.78 is 14.9. The topological polar surface area (TPSA) is 79.6 Å². The maximum absolute atomic E-state index is 13.2. The van der Waals surface area contributed by atoms with Crippen LogP contribution >= 0.6 is 11.6 Å². The predicted molar refractivity (Wildman–Crippen MR) is 116 cm³/mol. The van der Waals surface area contributed by atoms with Gasteiger partial charge in [0.1, 0.15) is 11.6 Å². The van der Waals surface area contributed by atoms with Crippen LogP contribution in [0.3, 0.4) is 0 Å². The summed E-state index contributed by atoms with van der Waals surface area (Å²) >= 11 is 6.00. The summed E-state index contributed by atoms with van der Waals surface area (Å²) in [5.41, 5.74) is 2.41. The molecule has 0 fully saturated rings. The van der Waals surface area contributed by atoms with Crippen LogP contribution in [0, 0.1) is 5.82 Å². The second kappa shape index (κ2) is 8.53. The van der Waals surface area contributed by atoms with Gasteiger partial charge in [0.25, 0.3) is 0 Å². The van der Waals surface area contributed by atoms with Crippen LogP contribution in [0.15, 0.2) is 67.1 Å². The fourth-order valence-electron chi connectivity index (χ4n) is 3.19. The number of anilines is 3. The second-order valence-corrected chi connectivity index (χ2v) is 7.21. The van der Waals surface area contributed by atoms with Gasteiger partial charge in [-0.05, 0) is 42.0 Å². The van der Waals surface area contributed by atoms with E-state index in [0.29, 0.717) is 22.8 Å². The lowest BCUT2D eigenvalue weighted by Crippen LogP contribution is -2.24. The molecular formula is C22H17ClFN5O2. The SMILES string of the molecule is CC(=O)N(c1ccn2nccc2c1)c1cc(NC(=O)Cc2ccc(F)cc2Cl)ccn1. The van der Waals surface area contributed by atoms with E-state index in [1.165, 1.54) is 30.2 Å². The third kappa shape index (κ3) is 4.54. The Kier molecular flexibility index (Phi) is 5.64. The van der Waals surface area contributed by atoms with Crippen LogP contribution in [0.1, 0.15) is 12.5 Å². The first-order chi connectivity index (χ1) is 14.9. The van der Waals surface area contributed by atoms with Crippen LogP contribution in [-0.2, 0) is 16.0 Å². The van der Waals surface area contributed by atoms with E-state index in [1.807, 2.05) is 12.1 Å². The summed E-state index contributed by atoms with van der Waals surface area (Å²) in [6, 6.07) is 12.5. The molecule has 0 bridgehead atoms. The van der Waals surface area contributed by atoms with Gasteiger partial charge in [-0.1, -0.05) is 17.7 Å². The van der Waals surface area contributed by atoms with E-state index in [2.05, 4.69) is 15.4 Å². The minimum absolute atomic E-state index is 0.0227. The van der Waals surface area contributed by atoms with Crippen LogP contribution in [0.4, 0.5) is 21.6 Å². The normalized spacial score (nSPS) is 10.8. The smallest absolute Gasteiger partial charge is 0.229 e. The molecule has 9 heteroatoms. The Morgan fingerprint density at radius 1 is 1.13 bits per heavy atom. The summed E-state index contributed by atoms with van der Waals surface area (Å²) in [6.07, 6.45) is 4.89. The minimum Gasteiger partial charge on any atom is -0.326 e. The van der Waals surface area contributed by atoms with Crippen LogP contribution in [-0.4, -0.2) is 26.4 Å². The average molecular weight is 438 g/mol. The molecule has 1 N–H and O–H groups in total. The van der Waals surface area contributed by atoms with Gasteiger partial charge in [-0.2, -0.15) is 5.10 Å². The molecule has 0 unspecified atom stereocenters. The summed E-state index contributed by atoms with van der Waals surface area (Å²) in [4.78, 5) is 30.6. The Hall–Kier alpha value is -3.78. The van der Waals surface area contributed by atoms with Crippen molar-refractivity contribution in [2.24, 2.45) is 0 Å². The van der Waals surface area contributed by atoms with Gasteiger partial charge in [0.15, 0.2) is 0 Å². The number of benzene rings is 1. The summed E-state index contributed by atoms with van der Waals surface area (Å²) in [5.74, 6) is -0.681. The van der Waals surface area contributed by atoms with Crippen molar-refractivity contribution in [3.8, 4) is 0 Å². The van der Waals surface area contributed by atoms with Crippen LogP contribution < -0.4 is 10.2 Å². The standard InChI is InChI=1S/C22H17ClFN5O2/c1-14(30)29(19-6-9-28-18(13-19)5-8-26-28)21-12-17(4-7-25-21)27-22(31)10-15-2-3-16(24)11-20(15)23/h2-9,11-13H,10H2,1H3,(H,25,27,31). The van der Waals surface area contributed by atoms with Crippen molar-refractivity contribution < 1.29 is 14.0 Å². The van der Waals surface area contributed by atoms with E-state index >= 15 is 0 Å². The van der Waals surface area contributed by atoms with E-state index in [-0.39, 0.29) is 23.3 Å². The van der Waals surface area contributed by atoms with Crippen molar-refractivity contribution in [2.75, 3.05) is 10.2 Å². The molecule has 7 nitrogen and oxygen atoms in total. The van der Waals surface area contributed by atoms with Crippen LogP contribution in [0.5, 0.6) is 0 Å². The number of fused-ring (bicyclic) bond motifs is 1. The van der Waals surface area contributed by atoms with E-state index in [9.17, 15) is 14.0 Å². The summed E-state index contributed by atoms with van der Waals surface area (Å²) in [6.45, 7) is 1.43. The summed E-state index contributed by atoms with van der Waals surface area (Å²) in [5, 5.41) is 7.09. The van der Waals surface area contributed by atoms with Crippen molar-refractivity contribution in [1.82, 2.24) is 14.6 Å². The number of nitrogens with zero attached hydrogens (tertiary/aromatic N) is 4. The first kappa shape index (κ1) is 20.5. The molecular weight excluding hydrogens is 421 g/mol. The maximum atomic E-state index is 13.2. The van der Waals surface area contributed by atoms with Gasteiger partial charge in [0, 0.05) is 42.3 Å². The van der Waals surface area contributed by atoms with Gasteiger partial charge in [-0.25, -0.2) is 13.9 Å². The lowest BCUT2D eigenvalue weighted by Gasteiger charge is -2.21. The van der Waals surface area contributed by atoms with Gasteiger partial charge in [0.2, 0.25) is 11.8 Å². The second-order valence-electron chi connectivity index (χ2n) is 6.80. The molecule has 0 saturated heterocycles. The number of amides is 2. The molecule has 2 amide bonds. The number of carbonyl (C=O) groups excluding carboxylic acids is 2. The van der Waals surface area contributed by atoms with Gasteiger partial charge in [-0.3, -0.25) is 14.5 Å². The molecule has 4 aromatic rings. The lowest BCUT2D eigenvalue weighted by atomic mass is 10.1. The number of nitrogens with one attached hydrogen (secondary N) is 1. The van der Waals surface area contributed by atoms with E-state index in [1.54, 1.807) is 35.1 Å². The fourth-order valence-corrected chi connectivity index (χ4v) is 3.42. The maximum Gasteiger partial charge on any atom is 0.229 e. The Morgan fingerprint density at radius 2 is 1.97 bits per heavy atom. The van der Waals surface area contributed by atoms with Crippen molar-refractivity contribution in [3.05, 3.63) is 83.5 Å². The number of aromatic nitrogens is 3. The zero-order valence-electron chi connectivity index (χ0n) is 16.4. The zero-order valence-corrected chi connectivity index (χ0v) is 17.2. The number of pyridine rings is 2. The average Bonchev–Trinajstić information content (AvgIpc) is 3.18. The number of hydrogen-bond donors (Lipinski definition) is 1. The molecule has 0 aliphatic rings. The van der Waals surface area contributed by atoms with E-state index in [0.717, 1.165) is 11.6 Å². The monoisotopic (exact) mass is 437 g/mol. The highest BCUT2D eigenvalue weighted by atomic mass is 35.5. The number of hydrogen-bond acceptors (Lipinski definition) is 4. The molecule has 0 atom stereocenters. The Labute approximate surface area is 182 Å². The first-order valence-electron chi connectivity index (χ1n) is 9.34. The van der Waals surface area contributed by atoms with E-state index < -0.39 is 5.82 Å². The third-order valence-electron chi connectivity index (χ3n) is 4.58. The highest BCUT2D eigenvalue weighted by Crippen LogP contribution is 2.27. The minimum atomic E-state index is -0.466. The largest absolute Gasteiger partial charge is 0.326 e.